The Morgan fingerprint density at radius 1 is 0.600 bits per heavy atom. The van der Waals surface area contributed by atoms with Gasteiger partial charge in [0.1, 0.15) is 24.9 Å². The van der Waals surface area contributed by atoms with Crippen LogP contribution in [0, 0.1) is 29.6 Å². The summed E-state index contributed by atoms with van der Waals surface area (Å²) in [4.78, 5) is 48.5. The molecule has 0 radical (unpaired) electrons. The molecule has 0 spiro atoms. The third-order valence-electron chi connectivity index (χ3n) is 7.70. The lowest BCUT2D eigenvalue weighted by Crippen LogP contribution is -2.57. The highest BCUT2D eigenvalue weighted by Gasteiger charge is 2.51. The van der Waals surface area contributed by atoms with E-state index in [1.54, 1.807) is 27.7 Å². The zero-order chi connectivity index (χ0) is 29.1. The predicted molar refractivity (Wildman–Crippen MR) is 138 cm³/mol. The first kappa shape index (κ1) is 32.2. The Hall–Kier alpha value is -2.28. The van der Waals surface area contributed by atoms with Gasteiger partial charge in [-0.1, -0.05) is 12.8 Å². The van der Waals surface area contributed by atoms with Crippen LogP contribution in [-0.4, -0.2) is 95.2 Å². The Balaban J connectivity index is 0.000000220. The largest absolute Gasteiger partial charge is 0.466 e. The molecule has 0 aromatic rings. The van der Waals surface area contributed by atoms with Crippen molar-refractivity contribution in [2.24, 2.45) is 29.6 Å². The summed E-state index contributed by atoms with van der Waals surface area (Å²) in [5, 5.41) is 0. The summed E-state index contributed by atoms with van der Waals surface area (Å²) < 4.78 is 42.3. The van der Waals surface area contributed by atoms with E-state index in [1.807, 2.05) is 0 Å². The number of carbonyl (C=O) groups excluding carboxylic acids is 4. The minimum Gasteiger partial charge on any atom is -0.466 e. The molecule has 0 N–H and O–H groups in total. The molecule has 0 bridgehead atoms. The number of esters is 4. The molecule has 8 atom stereocenters. The van der Waals surface area contributed by atoms with Crippen LogP contribution in [0.1, 0.15) is 53.4 Å². The van der Waals surface area contributed by atoms with Crippen LogP contribution in [-0.2, 0) is 57.1 Å². The Morgan fingerprint density at radius 2 is 1.10 bits per heavy atom. The van der Waals surface area contributed by atoms with Gasteiger partial charge in [0.2, 0.25) is 0 Å². The number of hydrogen-bond donors (Lipinski definition) is 0. The standard InChI is InChI=1S/C15H24O5.C13H20O7/c1-3-18-14(16)11-9-20-12-8-6-5-7-10(12)13(11)15(17)19-4-2;1-3-17-12(14)8-5-19-9-6-16-7-20-11(9)10(8)13(15)18-4-2/h10-13H,3-9H2,1-2H3;8-11H,3-7H2,1-2H3. The molecular formula is C28H44O12. The number of hydrogen-bond acceptors (Lipinski definition) is 12. The molecular weight excluding hydrogens is 528 g/mol. The van der Waals surface area contributed by atoms with Crippen molar-refractivity contribution in [3.8, 4) is 0 Å². The quantitative estimate of drug-likeness (QED) is 0.310. The second-order valence-corrected chi connectivity index (χ2v) is 10.1. The van der Waals surface area contributed by atoms with Gasteiger partial charge in [0, 0.05) is 0 Å². The molecule has 0 amide bonds. The van der Waals surface area contributed by atoms with E-state index in [1.165, 1.54) is 0 Å². The van der Waals surface area contributed by atoms with Crippen LogP contribution in [0.3, 0.4) is 0 Å². The summed E-state index contributed by atoms with van der Waals surface area (Å²) in [5.74, 6) is -3.78. The summed E-state index contributed by atoms with van der Waals surface area (Å²) in [6, 6.07) is 0. The lowest BCUT2D eigenvalue weighted by Gasteiger charge is -2.43. The van der Waals surface area contributed by atoms with Gasteiger partial charge in [-0.3, -0.25) is 19.2 Å². The van der Waals surface area contributed by atoms with E-state index in [-0.39, 0.29) is 63.3 Å². The zero-order valence-electron chi connectivity index (χ0n) is 24.0. The SMILES string of the molecule is CCOC(=O)C1COC2CCCCC2C1C(=O)OCC.CCOC(=O)C1COC2COCOC2C1C(=O)OCC. The highest BCUT2D eigenvalue weighted by Crippen LogP contribution is 2.41. The van der Waals surface area contributed by atoms with E-state index < -0.39 is 41.7 Å². The average Bonchev–Trinajstić information content (AvgIpc) is 2.96. The maximum Gasteiger partial charge on any atom is 0.312 e. The van der Waals surface area contributed by atoms with Crippen molar-refractivity contribution >= 4 is 23.9 Å². The molecule has 3 saturated heterocycles. The normalized spacial score (nSPS) is 33.1. The van der Waals surface area contributed by atoms with Crippen LogP contribution < -0.4 is 0 Å². The maximum atomic E-state index is 12.3. The van der Waals surface area contributed by atoms with Crippen molar-refractivity contribution in [1.29, 1.82) is 0 Å². The molecule has 12 heteroatoms. The number of carbonyl (C=O) groups is 4. The first-order valence-electron chi connectivity index (χ1n) is 14.5. The third-order valence-corrected chi connectivity index (χ3v) is 7.70. The van der Waals surface area contributed by atoms with Gasteiger partial charge < -0.3 is 37.9 Å². The van der Waals surface area contributed by atoms with Gasteiger partial charge in [0.15, 0.2) is 0 Å². The Kier molecular flexibility index (Phi) is 13.1. The minimum absolute atomic E-state index is 0.0793. The van der Waals surface area contributed by atoms with Gasteiger partial charge in [0.25, 0.3) is 0 Å². The van der Waals surface area contributed by atoms with Crippen LogP contribution in [0.5, 0.6) is 0 Å². The van der Waals surface area contributed by atoms with E-state index in [9.17, 15) is 19.2 Å². The highest BCUT2D eigenvalue weighted by atomic mass is 16.7. The lowest BCUT2D eigenvalue weighted by atomic mass is 9.70. The molecule has 12 nitrogen and oxygen atoms in total. The molecule has 40 heavy (non-hydrogen) atoms. The molecule has 4 rings (SSSR count). The van der Waals surface area contributed by atoms with E-state index in [4.69, 9.17) is 37.9 Å². The first-order valence-corrected chi connectivity index (χ1v) is 14.5. The van der Waals surface area contributed by atoms with Crippen LogP contribution >= 0.6 is 0 Å². The molecule has 228 valence electrons. The molecule has 3 heterocycles. The van der Waals surface area contributed by atoms with Crippen molar-refractivity contribution in [2.45, 2.75) is 71.7 Å². The number of fused-ring (bicyclic) bond motifs is 2. The van der Waals surface area contributed by atoms with Gasteiger partial charge >= 0.3 is 23.9 Å². The molecule has 0 aromatic heterocycles. The van der Waals surface area contributed by atoms with E-state index in [0.29, 0.717) is 19.8 Å². The fourth-order valence-corrected chi connectivity index (χ4v) is 5.95. The van der Waals surface area contributed by atoms with Crippen LogP contribution in [0.4, 0.5) is 0 Å². The lowest BCUT2D eigenvalue weighted by molar-refractivity contribution is -0.255. The monoisotopic (exact) mass is 572 g/mol. The first-order chi connectivity index (χ1) is 19.4. The maximum absolute atomic E-state index is 12.3. The van der Waals surface area contributed by atoms with Crippen LogP contribution in [0.2, 0.25) is 0 Å². The Labute approximate surface area is 235 Å². The predicted octanol–water partition coefficient (Wildman–Crippen LogP) is 2.05. The minimum atomic E-state index is -0.711. The molecule has 4 aliphatic rings. The van der Waals surface area contributed by atoms with Crippen molar-refractivity contribution in [1.82, 2.24) is 0 Å². The van der Waals surface area contributed by atoms with E-state index in [2.05, 4.69) is 0 Å². The molecule has 1 saturated carbocycles. The summed E-state index contributed by atoms with van der Waals surface area (Å²) in [5.41, 5.74) is 0. The van der Waals surface area contributed by atoms with Gasteiger partial charge in [-0.2, -0.15) is 0 Å². The van der Waals surface area contributed by atoms with Crippen molar-refractivity contribution in [3.05, 3.63) is 0 Å². The molecule has 8 unspecified atom stereocenters. The summed E-state index contributed by atoms with van der Waals surface area (Å²) in [6.45, 7) is 8.95. The number of ether oxygens (including phenoxy) is 8. The molecule has 1 aliphatic carbocycles. The molecule has 0 aromatic carbocycles. The fraction of sp³-hybridized carbons (Fsp3) is 0.857. The van der Waals surface area contributed by atoms with Gasteiger partial charge in [-0.05, 0) is 46.5 Å². The summed E-state index contributed by atoms with van der Waals surface area (Å²) >= 11 is 0. The average molecular weight is 573 g/mol. The smallest absolute Gasteiger partial charge is 0.312 e. The van der Waals surface area contributed by atoms with Crippen LogP contribution in [0.25, 0.3) is 0 Å². The zero-order valence-corrected chi connectivity index (χ0v) is 24.0. The molecule has 3 aliphatic heterocycles. The number of rotatable bonds is 8. The molecule has 4 fully saturated rings. The van der Waals surface area contributed by atoms with Crippen molar-refractivity contribution in [3.63, 3.8) is 0 Å². The van der Waals surface area contributed by atoms with Gasteiger partial charge in [-0.25, -0.2) is 0 Å². The van der Waals surface area contributed by atoms with Crippen molar-refractivity contribution in [2.75, 3.05) is 53.0 Å². The topological polar surface area (TPSA) is 142 Å². The van der Waals surface area contributed by atoms with Crippen molar-refractivity contribution < 1.29 is 57.1 Å². The fourth-order valence-electron chi connectivity index (χ4n) is 5.95. The third kappa shape index (κ3) is 7.92. The second kappa shape index (κ2) is 16.2. The highest BCUT2D eigenvalue weighted by molar-refractivity contribution is 5.83. The van der Waals surface area contributed by atoms with E-state index in [0.717, 1.165) is 25.7 Å². The van der Waals surface area contributed by atoms with Gasteiger partial charge in [-0.15, -0.1) is 0 Å². The Morgan fingerprint density at radius 3 is 1.70 bits per heavy atom. The second-order valence-electron chi connectivity index (χ2n) is 10.1. The van der Waals surface area contributed by atoms with E-state index >= 15 is 0 Å². The summed E-state index contributed by atoms with van der Waals surface area (Å²) in [6.07, 6.45) is 3.29. The van der Waals surface area contributed by atoms with Crippen LogP contribution in [0.15, 0.2) is 0 Å². The van der Waals surface area contributed by atoms with Gasteiger partial charge in [0.05, 0.1) is 70.1 Å². The summed E-state index contributed by atoms with van der Waals surface area (Å²) in [7, 11) is 0. The Bertz CT molecular complexity index is 779.